The minimum absolute atomic E-state index is 1.04. The first kappa shape index (κ1) is 25.4. The van der Waals surface area contributed by atoms with Gasteiger partial charge in [0.1, 0.15) is 0 Å². The Morgan fingerprint density at radius 2 is 0.475 bits per heavy atom. The van der Waals surface area contributed by atoms with Crippen molar-refractivity contribution in [3.05, 3.63) is 216 Å². The number of rotatable bonds is 9. The molecule has 0 amide bonds. The van der Waals surface area contributed by atoms with Gasteiger partial charge in [0.15, 0.2) is 0 Å². The molecule has 1 nitrogen and oxygen atoms in total. The van der Waals surface area contributed by atoms with E-state index in [2.05, 4.69) is 133 Å². The maximum absolute atomic E-state index is 3.48. The van der Waals surface area contributed by atoms with Crippen LogP contribution in [0.4, 0.5) is 17.1 Å². The number of nitrogens with zero attached hydrogens (tertiary/aromatic N) is 1. The van der Waals surface area contributed by atoms with Crippen molar-refractivity contribution in [1.82, 2.24) is 0 Å². The zero-order valence-corrected chi connectivity index (χ0v) is 22.0. The maximum atomic E-state index is 3.48. The summed E-state index contributed by atoms with van der Waals surface area (Å²) in [5.74, 6) is 0. The largest absolute Gasteiger partial charge is 0.311 e. The van der Waals surface area contributed by atoms with Crippen LogP contribution in [0.1, 0.15) is 33.4 Å². The quantitative estimate of drug-likeness (QED) is 0.188. The Bertz CT molecular complexity index is 1400. The highest BCUT2D eigenvalue weighted by atomic mass is 15.1. The van der Waals surface area contributed by atoms with E-state index in [0.717, 1.165) is 50.4 Å². The highest BCUT2D eigenvalue weighted by Crippen LogP contribution is 2.35. The van der Waals surface area contributed by atoms with Crippen molar-refractivity contribution >= 4 is 17.1 Å². The summed E-state index contributed by atoms with van der Waals surface area (Å²) >= 11 is 0. The van der Waals surface area contributed by atoms with Gasteiger partial charge in [-0.1, -0.05) is 127 Å². The lowest BCUT2D eigenvalue weighted by Crippen LogP contribution is -2.10. The van der Waals surface area contributed by atoms with E-state index in [1.807, 2.05) is 54.6 Å². The van der Waals surface area contributed by atoms with Crippen molar-refractivity contribution in [2.75, 3.05) is 4.90 Å². The SMILES string of the molecule is [C](c1ccccc1)c1ccc(N(c2ccc([C]c3ccccc3)cc2)c2ccc([C]c3ccccc3)cc2)cc1. The van der Waals surface area contributed by atoms with Gasteiger partial charge in [0.05, 0.1) is 19.3 Å². The molecule has 0 aliphatic carbocycles. The molecule has 0 aliphatic rings. The van der Waals surface area contributed by atoms with Gasteiger partial charge in [-0.15, -0.1) is 0 Å². The predicted octanol–water partition coefficient (Wildman–Crippen LogP) is 9.59. The molecule has 0 N–H and O–H groups in total. The van der Waals surface area contributed by atoms with Crippen LogP contribution >= 0.6 is 0 Å². The fourth-order valence-corrected chi connectivity index (χ4v) is 4.59. The molecule has 0 bridgehead atoms. The van der Waals surface area contributed by atoms with Crippen molar-refractivity contribution < 1.29 is 0 Å². The van der Waals surface area contributed by atoms with Crippen LogP contribution in [0.15, 0.2) is 164 Å². The molecule has 1 heteroatoms. The Morgan fingerprint density at radius 3 is 0.725 bits per heavy atom. The van der Waals surface area contributed by atoms with Crippen molar-refractivity contribution in [2.24, 2.45) is 0 Å². The molecule has 6 radical (unpaired) electrons. The number of hydrogen-bond acceptors (Lipinski definition) is 1. The molecule has 40 heavy (non-hydrogen) atoms. The first-order valence-electron chi connectivity index (χ1n) is 13.4. The van der Waals surface area contributed by atoms with Gasteiger partial charge in [-0.05, 0) is 69.8 Å². The molecule has 0 saturated carbocycles. The van der Waals surface area contributed by atoms with Gasteiger partial charge in [-0.25, -0.2) is 0 Å². The van der Waals surface area contributed by atoms with E-state index in [1.54, 1.807) is 0 Å². The average Bonchev–Trinajstić information content (AvgIpc) is 3.01. The first-order valence-corrected chi connectivity index (χ1v) is 13.4. The van der Waals surface area contributed by atoms with Crippen LogP contribution in [0.25, 0.3) is 0 Å². The summed E-state index contributed by atoms with van der Waals surface area (Å²) < 4.78 is 0. The molecular weight excluding hydrogens is 482 g/mol. The van der Waals surface area contributed by atoms with E-state index in [1.165, 1.54) is 0 Å². The van der Waals surface area contributed by atoms with Crippen molar-refractivity contribution in [2.45, 2.75) is 0 Å². The molecule has 0 spiro atoms. The van der Waals surface area contributed by atoms with Gasteiger partial charge in [0.25, 0.3) is 0 Å². The topological polar surface area (TPSA) is 3.24 Å². The maximum Gasteiger partial charge on any atom is 0.0501 e. The second-order valence-corrected chi connectivity index (χ2v) is 9.45. The molecule has 0 aliphatic heterocycles. The summed E-state index contributed by atoms with van der Waals surface area (Å²) in [5, 5.41) is 0. The van der Waals surface area contributed by atoms with Gasteiger partial charge in [-0.2, -0.15) is 0 Å². The smallest absolute Gasteiger partial charge is 0.0501 e. The number of anilines is 3. The lowest BCUT2D eigenvalue weighted by molar-refractivity contribution is 1.26. The minimum Gasteiger partial charge on any atom is -0.311 e. The summed E-state index contributed by atoms with van der Waals surface area (Å²) in [5.41, 5.74) is 9.54. The van der Waals surface area contributed by atoms with Gasteiger partial charge < -0.3 is 4.90 Å². The van der Waals surface area contributed by atoms with Crippen molar-refractivity contribution in [3.63, 3.8) is 0 Å². The molecule has 0 unspecified atom stereocenters. The van der Waals surface area contributed by atoms with E-state index in [4.69, 9.17) is 0 Å². The predicted molar refractivity (Wildman–Crippen MR) is 165 cm³/mol. The number of hydrogen-bond donors (Lipinski definition) is 0. The Hall–Kier alpha value is -4.88. The molecule has 0 fully saturated rings. The van der Waals surface area contributed by atoms with Crippen LogP contribution in [0, 0.1) is 19.3 Å². The lowest BCUT2D eigenvalue weighted by Gasteiger charge is -2.26. The summed E-state index contributed by atoms with van der Waals surface area (Å²) in [6.07, 6.45) is 10.4. The molecule has 0 saturated heterocycles. The summed E-state index contributed by atoms with van der Waals surface area (Å²) in [6.45, 7) is 0. The van der Waals surface area contributed by atoms with Crippen LogP contribution in [0.5, 0.6) is 0 Å². The molecular formula is C39H27N. The minimum atomic E-state index is 1.04. The Balaban J connectivity index is 1.28. The monoisotopic (exact) mass is 509 g/mol. The van der Waals surface area contributed by atoms with E-state index in [-0.39, 0.29) is 0 Å². The molecule has 0 atom stereocenters. The average molecular weight is 510 g/mol. The molecule has 0 heterocycles. The third-order valence-corrected chi connectivity index (χ3v) is 6.56. The zero-order chi connectivity index (χ0) is 27.0. The Morgan fingerprint density at radius 1 is 0.250 bits per heavy atom. The van der Waals surface area contributed by atoms with E-state index in [9.17, 15) is 0 Å². The standard InChI is InChI=1S/C39H27N/c1-4-10-31(11-5-1)28-34-16-22-37(23-17-34)40(38-24-18-35(19-25-38)29-32-12-6-2-7-13-32)39-26-20-36(21-27-39)30-33-14-8-3-9-15-33/h1-27H. The summed E-state index contributed by atoms with van der Waals surface area (Å²) in [4.78, 5) is 2.27. The van der Waals surface area contributed by atoms with Gasteiger partial charge in [0, 0.05) is 17.1 Å². The molecule has 6 rings (SSSR count). The third kappa shape index (κ3) is 6.39. The molecule has 6 aromatic rings. The second-order valence-electron chi connectivity index (χ2n) is 9.45. The van der Waals surface area contributed by atoms with Crippen molar-refractivity contribution in [3.8, 4) is 0 Å². The van der Waals surface area contributed by atoms with Crippen LogP contribution < -0.4 is 4.90 Å². The van der Waals surface area contributed by atoms with Crippen LogP contribution in [0.3, 0.4) is 0 Å². The van der Waals surface area contributed by atoms with Gasteiger partial charge >= 0.3 is 0 Å². The third-order valence-electron chi connectivity index (χ3n) is 6.56. The zero-order valence-electron chi connectivity index (χ0n) is 22.0. The molecule has 188 valence electrons. The lowest BCUT2D eigenvalue weighted by atomic mass is 10.0. The van der Waals surface area contributed by atoms with Crippen molar-refractivity contribution in [1.29, 1.82) is 0 Å². The summed E-state index contributed by atoms with van der Waals surface area (Å²) in [6, 6.07) is 56.3. The first-order chi connectivity index (χ1) is 19.8. The van der Waals surface area contributed by atoms with E-state index >= 15 is 0 Å². The molecule has 6 aromatic carbocycles. The second kappa shape index (κ2) is 12.3. The Kier molecular flexibility index (Phi) is 7.82. The van der Waals surface area contributed by atoms with E-state index < -0.39 is 0 Å². The van der Waals surface area contributed by atoms with Gasteiger partial charge in [0.2, 0.25) is 0 Å². The highest BCUT2D eigenvalue weighted by molar-refractivity contribution is 5.77. The van der Waals surface area contributed by atoms with Crippen LogP contribution in [0.2, 0.25) is 0 Å². The number of benzene rings is 6. The Labute approximate surface area is 238 Å². The van der Waals surface area contributed by atoms with Crippen LogP contribution in [-0.4, -0.2) is 0 Å². The van der Waals surface area contributed by atoms with E-state index in [0.29, 0.717) is 0 Å². The highest BCUT2D eigenvalue weighted by Gasteiger charge is 2.13. The van der Waals surface area contributed by atoms with Gasteiger partial charge in [-0.3, -0.25) is 0 Å². The summed E-state index contributed by atoms with van der Waals surface area (Å²) in [7, 11) is 0. The fourth-order valence-electron chi connectivity index (χ4n) is 4.59. The normalized spacial score (nSPS) is 10.8. The molecule has 0 aromatic heterocycles. The van der Waals surface area contributed by atoms with Crippen LogP contribution in [-0.2, 0) is 0 Å². The fraction of sp³-hybridized carbons (Fsp3) is 0.